The van der Waals surface area contributed by atoms with Crippen LogP contribution in [-0.2, 0) is 24.4 Å². The second-order valence-electron chi connectivity index (χ2n) is 6.62. The third-order valence-corrected chi connectivity index (χ3v) is 5.05. The molecule has 1 aliphatic heterocycles. The Kier molecular flexibility index (Phi) is 5.10. The minimum absolute atomic E-state index is 0.307. The van der Waals surface area contributed by atoms with Crippen molar-refractivity contribution in [3.8, 4) is 0 Å². The maximum absolute atomic E-state index is 12.9. The third kappa shape index (κ3) is 3.72. The Balaban J connectivity index is 2.43. The Morgan fingerprint density at radius 1 is 1.26 bits per heavy atom. The summed E-state index contributed by atoms with van der Waals surface area (Å²) >= 11 is 1.21. The molecule has 0 spiro atoms. The monoisotopic (exact) mass is 341 g/mol. The topological polar surface area (TPSA) is 74.7 Å². The molecule has 23 heavy (non-hydrogen) atoms. The van der Waals surface area contributed by atoms with Crippen molar-refractivity contribution in [1.29, 1.82) is 0 Å². The molecular weight excluding hydrogens is 318 g/mol. The minimum atomic E-state index is -0.854. The van der Waals surface area contributed by atoms with E-state index in [-0.39, 0.29) is 5.97 Å². The van der Waals surface area contributed by atoms with E-state index >= 15 is 0 Å². The van der Waals surface area contributed by atoms with Crippen molar-refractivity contribution in [2.24, 2.45) is 0 Å². The first-order valence-electron chi connectivity index (χ1n) is 7.57. The fourth-order valence-electron chi connectivity index (χ4n) is 2.48. The van der Waals surface area contributed by atoms with E-state index in [9.17, 15) is 9.59 Å². The largest absolute Gasteiger partial charge is 0.465 e. The van der Waals surface area contributed by atoms with Gasteiger partial charge in [-0.2, -0.15) is 0 Å². The molecule has 1 aromatic heterocycles. The van der Waals surface area contributed by atoms with Gasteiger partial charge in [0.25, 0.3) is 0 Å². The van der Waals surface area contributed by atoms with Gasteiger partial charge in [0.15, 0.2) is 0 Å². The number of hydrogen-bond acceptors (Lipinski definition) is 7. The van der Waals surface area contributed by atoms with Gasteiger partial charge in [-0.15, -0.1) is 11.3 Å². The van der Waals surface area contributed by atoms with Crippen LogP contribution >= 0.6 is 11.3 Å². The zero-order valence-electron chi connectivity index (χ0n) is 14.2. The summed E-state index contributed by atoms with van der Waals surface area (Å²) < 4.78 is 15.8. The van der Waals surface area contributed by atoms with Crippen molar-refractivity contribution < 1.29 is 23.8 Å². The summed E-state index contributed by atoms with van der Waals surface area (Å²) in [5.74, 6) is -0.740. The highest BCUT2D eigenvalue weighted by Gasteiger charge is 2.47. The lowest BCUT2D eigenvalue weighted by Gasteiger charge is -2.35. The fourth-order valence-corrected chi connectivity index (χ4v) is 3.70. The van der Waals surface area contributed by atoms with Gasteiger partial charge in [0, 0.05) is 13.2 Å². The van der Waals surface area contributed by atoms with Crippen LogP contribution in [0.3, 0.4) is 0 Å². The average molecular weight is 341 g/mol. The molecule has 1 aromatic rings. The van der Waals surface area contributed by atoms with Crippen LogP contribution in [0, 0.1) is 6.92 Å². The lowest BCUT2D eigenvalue weighted by Crippen LogP contribution is -2.45. The van der Waals surface area contributed by atoms with Crippen molar-refractivity contribution in [2.45, 2.75) is 51.6 Å². The van der Waals surface area contributed by atoms with Gasteiger partial charge in [0.2, 0.25) is 0 Å². The van der Waals surface area contributed by atoms with E-state index in [4.69, 9.17) is 14.2 Å². The standard InChI is InChI=1S/C16H23NO5S/c1-10-11(12(18)20-5)23-13(17-10)16(6-8-21-9-7-16)14(19)22-15(2,3)4/h6-9H2,1-5H3. The van der Waals surface area contributed by atoms with E-state index in [0.717, 1.165) is 0 Å². The number of carbonyl (C=O) groups excluding carboxylic acids is 2. The first kappa shape index (κ1) is 17.9. The van der Waals surface area contributed by atoms with Gasteiger partial charge in [0.05, 0.1) is 12.8 Å². The van der Waals surface area contributed by atoms with Gasteiger partial charge in [-0.3, -0.25) is 4.79 Å². The zero-order chi connectivity index (χ0) is 17.3. The summed E-state index contributed by atoms with van der Waals surface area (Å²) in [5.41, 5.74) is -0.862. The van der Waals surface area contributed by atoms with E-state index in [2.05, 4.69) is 4.98 Å². The Morgan fingerprint density at radius 3 is 2.39 bits per heavy atom. The number of rotatable bonds is 3. The molecule has 128 valence electrons. The number of nitrogens with zero attached hydrogens (tertiary/aromatic N) is 1. The van der Waals surface area contributed by atoms with Crippen LogP contribution in [0.1, 0.15) is 54.0 Å². The maximum Gasteiger partial charge on any atom is 0.349 e. The second-order valence-corrected chi connectivity index (χ2v) is 7.62. The SMILES string of the molecule is COC(=O)c1sc(C2(C(=O)OC(C)(C)C)CCOCC2)nc1C. The highest BCUT2D eigenvalue weighted by Crippen LogP contribution is 2.40. The summed E-state index contributed by atoms with van der Waals surface area (Å²) in [6.45, 7) is 8.19. The number of carbonyl (C=O) groups is 2. The Labute approximate surface area is 140 Å². The Hall–Kier alpha value is -1.47. The summed E-state index contributed by atoms with van der Waals surface area (Å²) in [5, 5.41) is 0.605. The molecule has 1 saturated heterocycles. The summed E-state index contributed by atoms with van der Waals surface area (Å²) in [6, 6.07) is 0. The summed E-state index contributed by atoms with van der Waals surface area (Å²) in [6.07, 6.45) is 0.991. The first-order valence-corrected chi connectivity index (χ1v) is 8.39. The average Bonchev–Trinajstić information content (AvgIpc) is 2.88. The molecule has 0 unspecified atom stereocenters. The van der Waals surface area contributed by atoms with Crippen molar-refractivity contribution in [3.05, 3.63) is 15.6 Å². The van der Waals surface area contributed by atoms with E-state index < -0.39 is 17.0 Å². The molecule has 7 heteroatoms. The molecule has 0 aliphatic carbocycles. The molecule has 6 nitrogen and oxygen atoms in total. The van der Waals surface area contributed by atoms with Crippen molar-refractivity contribution >= 4 is 23.3 Å². The van der Waals surface area contributed by atoms with Crippen molar-refractivity contribution in [1.82, 2.24) is 4.98 Å². The number of methoxy groups -OCH3 is 1. The van der Waals surface area contributed by atoms with Gasteiger partial charge in [-0.1, -0.05) is 0 Å². The molecule has 0 aromatic carbocycles. The van der Waals surface area contributed by atoms with E-state index in [1.807, 2.05) is 20.8 Å². The molecule has 0 radical (unpaired) electrons. The minimum Gasteiger partial charge on any atom is -0.465 e. The Morgan fingerprint density at radius 2 is 1.87 bits per heavy atom. The molecular formula is C16H23NO5S. The molecule has 0 bridgehead atoms. The number of hydrogen-bond donors (Lipinski definition) is 0. The second kappa shape index (κ2) is 6.57. The van der Waals surface area contributed by atoms with Gasteiger partial charge >= 0.3 is 11.9 Å². The van der Waals surface area contributed by atoms with Gasteiger partial charge in [0.1, 0.15) is 20.9 Å². The Bertz CT molecular complexity index is 596. The fraction of sp³-hybridized carbons (Fsp3) is 0.688. The normalized spacial score (nSPS) is 17.6. The number of aryl methyl sites for hydroxylation is 1. The van der Waals surface area contributed by atoms with Crippen molar-refractivity contribution in [3.63, 3.8) is 0 Å². The molecule has 0 amide bonds. The number of thiazole rings is 1. The highest BCUT2D eigenvalue weighted by molar-refractivity contribution is 7.14. The molecule has 1 fully saturated rings. The number of esters is 2. The van der Waals surface area contributed by atoms with Gasteiger partial charge in [-0.05, 0) is 40.5 Å². The quantitative estimate of drug-likeness (QED) is 0.787. The van der Waals surface area contributed by atoms with Gasteiger partial charge < -0.3 is 14.2 Å². The van der Waals surface area contributed by atoms with Crippen LogP contribution in [0.15, 0.2) is 0 Å². The number of ether oxygens (including phenoxy) is 3. The summed E-state index contributed by atoms with van der Waals surface area (Å²) in [7, 11) is 1.33. The first-order chi connectivity index (χ1) is 10.7. The predicted octanol–water partition coefficient (Wildman–Crippen LogP) is 2.63. The molecule has 2 rings (SSSR count). The third-order valence-electron chi connectivity index (χ3n) is 3.71. The van der Waals surface area contributed by atoms with Crippen LogP contribution in [0.2, 0.25) is 0 Å². The lowest BCUT2D eigenvalue weighted by molar-refractivity contribution is -0.166. The predicted molar refractivity (Wildman–Crippen MR) is 85.8 cm³/mol. The van der Waals surface area contributed by atoms with Crippen LogP contribution < -0.4 is 0 Å². The van der Waals surface area contributed by atoms with Crippen molar-refractivity contribution in [2.75, 3.05) is 20.3 Å². The molecule has 0 saturated carbocycles. The highest BCUT2D eigenvalue weighted by atomic mass is 32.1. The summed E-state index contributed by atoms with van der Waals surface area (Å²) in [4.78, 5) is 29.6. The van der Waals surface area contributed by atoms with E-state index in [0.29, 0.717) is 41.6 Å². The van der Waals surface area contributed by atoms with E-state index in [1.165, 1.54) is 18.4 Å². The lowest BCUT2D eigenvalue weighted by atomic mass is 9.80. The molecule has 0 atom stereocenters. The van der Waals surface area contributed by atoms with Gasteiger partial charge in [-0.25, -0.2) is 9.78 Å². The molecule has 2 heterocycles. The zero-order valence-corrected chi connectivity index (χ0v) is 15.0. The van der Waals surface area contributed by atoms with Crippen LogP contribution in [-0.4, -0.2) is 42.8 Å². The smallest absolute Gasteiger partial charge is 0.349 e. The van der Waals surface area contributed by atoms with E-state index in [1.54, 1.807) is 6.92 Å². The van der Waals surface area contributed by atoms with Crippen LogP contribution in [0.25, 0.3) is 0 Å². The van der Waals surface area contributed by atoms with Crippen LogP contribution in [0.4, 0.5) is 0 Å². The maximum atomic E-state index is 12.9. The molecule has 1 aliphatic rings. The molecule has 0 N–H and O–H groups in total. The number of aromatic nitrogens is 1. The van der Waals surface area contributed by atoms with Crippen LogP contribution in [0.5, 0.6) is 0 Å².